The number of likely N-dealkylation sites (N-methyl/N-ethyl adjacent to an activating group) is 1. The summed E-state index contributed by atoms with van der Waals surface area (Å²) in [5.74, 6) is 0.845. The highest BCUT2D eigenvalue weighted by atomic mass is 16.5. The summed E-state index contributed by atoms with van der Waals surface area (Å²) in [6.45, 7) is 4.21. The lowest BCUT2D eigenvalue weighted by atomic mass is 10.1. The number of nitrogens with one attached hydrogen (secondary N) is 1. The quantitative estimate of drug-likeness (QED) is 0.737. The molecule has 0 aliphatic heterocycles. The Morgan fingerprint density at radius 3 is 2.44 bits per heavy atom. The molecule has 2 amide bonds. The van der Waals surface area contributed by atoms with Gasteiger partial charge in [0, 0.05) is 13.1 Å². The summed E-state index contributed by atoms with van der Waals surface area (Å²) in [6, 6.07) is 15.9. The molecule has 2 rings (SSSR count). The van der Waals surface area contributed by atoms with E-state index in [1.54, 1.807) is 26.2 Å². The molecule has 0 unspecified atom stereocenters. The summed E-state index contributed by atoms with van der Waals surface area (Å²) in [5, 5.41) is 2.76. The molecule has 0 bridgehead atoms. The fourth-order valence-electron chi connectivity index (χ4n) is 2.62. The van der Waals surface area contributed by atoms with Gasteiger partial charge in [0.15, 0.2) is 6.61 Å². The number of para-hydroxylation sites is 1. The molecule has 2 aromatic rings. The Kier molecular flexibility index (Phi) is 7.67. The Bertz CT molecular complexity index is 749. The number of carbonyl (C=O) groups excluding carboxylic acids is 2. The normalized spacial score (nSPS) is 11.4. The van der Waals surface area contributed by atoms with Crippen molar-refractivity contribution in [2.24, 2.45) is 0 Å². The molecule has 1 N–H and O–H groups in total. The molecule has 0 heterocycles. The maximum atomic E-state index is 12.8. The van der Waals surface area contributed by atoms with Crippen LogP contribution < -0.4 is 14.8 Å². The first-order valence-corrected chi connectivity index (χ1v) is 8.93. The lowest BCUT2D eigenvalue weighted by Gasteiger charge is -2.28. The lowest BCUT2D eigenvalue weighted by molar-refractivity contribution is -0.142. The zero-order valence-corrected chi connectivity index (χ0v) is 16.0. The molecule has 6 heteroatoms. The minimum absolute atomic E-state index is 0.141. The molecule has 0 aliphatic rings. The van der Waals surface area contributed by atoms with E-state index in [1.165, 1.54) is 4.90 Å². The third-order valence-electron chi connectivity index (χ3n) is 4.11. The van der Waals surface area contributed by atoms with Gasteiger partial charge >= 0.3 is 0 Å². The van der Waals surface area contributed by atoms with Gasteiger partial charge in [-0.15, -0.1) is 0 Å². The number of methoxy groups -OCH3 is 1. The summed E-state index contributed by atoms with van der Waals surface area (Å²) in [5.41, 5.74) is 0.874. The second kappa shape index (κ2) is 10.2. The zero-order valence-electron chi connectivity index (χ0n) is 16.0. The van der Waals surface area contributed by atoms with Crippen LogP contribution in [0.5, 0.6) is 11.5 Å². The van der Waals surface area contributed by atoms with Crippen molar-refractivity contribution >= 4 is 11.8 Å². The third-order valence-corrected chi connectivity index (χ3v) is 4.11. The van der Waals surface area contributed by atoms with Crippen LogP contribution in [0.15, 0.2) is 54.6 Å². The number of carbonyl (C=O) groups is 2. The van der Waals surface area contributed by atoms with Gasteiger partial charge in [0.1, 0.15) is 17.5 Å². The standard InChI is InChI=1S/C21H26N2O4/c1-4-22-21(25)16(2)23(14-17-9-8-12-19(13-17)26-3)20(24)15-27-18-10-6-5-7-11-18/h5-13,16H,4,14-15H2,1-3H3,(H,22,25)/t16-/m1/s1. The van der Waals surface area contributed by atoms with Crippen molar-refractivity contribution < 1.29 is 19.1 Å². The van der Waals surface area contributed by atoms with E-state index in [9.17, 15) is 9.59 Å². The van der Waals surface area contributed by atoms with Crippen LogP contribution in [0.1, 0.15) is 19.4 Å². The van der Waals surface area contributed by atoms with Crippen LogP contribution >= 0.6 is 0 Å². The number of ether oxygens (including phenoxy) is 2. The highest BCUT2D eigenvalue weighted by Crippen LogP contribution is 2.16. The number of amides is 2. The van der Waals surface area contributed by atoms with Gasteiger partial charge in [0.2, 0.25) is 5.91 Å². The lowest BCUT2D eigenvalue weighted by Crippen LogP contribution is -2.49. The molecule has 1 atom stereocenters. The molecule has 0 spiro atoms. The van der Waals surface area contributed by atoms with Crippen LogP contribution in [0.2, 0.25) is 0 Å². The van der Waals surface area contributed by atoms with Gasteiger partial charge in [-0.1, -0.05) is 30.3 Å². The Morgan fingerprint density at radius 1 is 1.07 bits per heavy atom. The van der Waals surface area contributed by atoms with Gasteiger partial charge in [0.25, 0.3) is 5.91 Å². The molecule has 0 saturated carbocycles. The van der Waals surface area contributed by atoms with Gasteiger partial charge in [-0.3, -0.25) is 9.59 Å². The number of hydrogen-bond acceptors (Lipinski definition) is 4. The van der Waals surface area contributed by atoms with Crippen LogP contribution in [-0.2, 0) is 16.1 Å². The molecular formula is C21H26N2O4. The van der Waals surface area contributed by atoms with E-state index in [-0.39, 0.29) is 25.0 Å². The first-order chi connectivity index (χ1) is 13.0. The highest BCUT2D eigenvalue weighted by molar-refractivity contribution is 5.87. The van der Waals surface area contributed by atoms with Crippen LogP contribution in [0, 0.1) is 0 Å². The molecule has 0 aliphatic carbocycles. The smallest absolute Gasteiger partial charge is 0.261 e. The summed E-state index contributed by atoms with van der Waals surface area (Å²) >= 11 is 0. The van der Waals surface area contributed by atoms with Crippen LogP contribution in [-0.4, -0.2) is 43.0 Å². The minimum atomic E-state index is -0.622. The van der Waals surface area contributed by atoms with E-state index in [2.05, 4.69) is 5.32 Å². The molecule has 0 saturated heterocycles. The van der Waals surface area contributed by atoms with E-state index >= 15 is 0 Å². The molecular weight excluding hydrogens is 344 g/mol. The highest BCUT2D eigenvalue weighted by Gasteiger charge is 2.26. The molecule has 0 fully saturated rings. The van der Waals surface area contributed by atoms with Crippen molar-refractivity contribution in [1.82, 2.24) is 10.2 Å². The first kappa shape index (κ1) is 20.3. The predicted molar refractivity (Wildman–Crippen MR) is 104 cm³/mol. The molecule has 27 heavy (non-hydrogen) atoms. The van der Waals surface area contributed by atoms with Crippen molar-refractivity contribution in [3.05, 3.63) is 60.2 Å². The van der Waals surface area contributed by atoms with E-state index < -0.39 is 6.04 Å². The fourth-order valence-corrected chi connectivity index (χ4v) is 2.62. The molecule has 144 valence electrons. The second-order valence-corrected chi connectivity index (χ2v) is 6.05. The van der Waals surface area contributed by atoms with E-state index in [1.807, 2.05) is 49.4 Å². The van der Waals surface area contributed by atoms with E-state index in [0.717, 1.165) is 5.56 Å². The maximum Gasteiger partial charge on any atom is 0.261 e. The van der Waals surface area contributed by atoms with Gasteiger partial charge in [-0.2, -0.15) is 0 Å². The summed E-state index contributed by atoms with van der Waals surface area (Å²) in [6.07, 6.45) is 0. The van der Waals surface area contributed by atoms with Gasteiger partial charge in [0.05, 0.1) is 7.11 Å². The van der Waals surface area contributed by atoms with Crippen LogP contribution in [0.4, 0.5) is 0 Å². The average molecular weight is 370 g/mol. The van der Waals surface area contributed by atoms with Crippen molar-refractivity contribution in [3.63, 3.8) is 0 Å². The number of benzene rings is 2. The molecule has 6 nitrogen and oxygen atoms in total. The Hall–Kier alpha value is -3.02. The SMILES string of the molecule is CCNC(=O)[C@@H](C)N(Cc1cccc(OC)c1)C(=O)COc1ccccc1. The number of rotatable bonds is 9. The van der Waals surface area contributed by atoms with Crippen molar-refractivity contribution in [2.75, 3.05) is 20.3 Å². The third kappa shape index (κ3) is 6.02. The molecule has 2 aromatic carbocycles. The molecule has 0 aromatic heterocycles. The molecule has 0 radical (unpaired) electrons. The summed E-state index contributed by atoms with van der Waals surface area (Å²) in [4.78, 5) is 26.6. The minimum Gasteiger partial charge on any atom is -0.497 e. The van der Waals surface area contributed by atoms with Crippen molar-refractivity contribution in [2.45, 2.75) is 26.4 Å². The van der Waals surface area contributed by atoms with Crippen molar-refractivity contribution in [1.29, 1.82) is 0 Å². The fraction of sp³-hybridized carbons (Fsp3) is 0.333. The summed E-state index contributed by atoms with van der Waals surface area (Å²) in [7, 11) is 1.59. The van der Waals surface area contributed by atoms with Crippen LogP contribution in [0.3, 0.4) is 0 Å². The monoisotopic (exact) mass is 370 g/mol. The average Bonchev–Trinajstić information content (AvgIpc) is 2.70. The van der Waals surface area contributed by atoms with Crippen molar-refractivity contribution in [3.8, 4) is 11.5 Å². The van der Waals surface area contributed by atoms with Crippen LogP contribution in [0.25, 0.3) is 0 Å². The Balaban J connectivity index is 2.14. The zero-order chi connectivity index (χ0) is 19.6. The Labute approximate surface area is 160 Å². The van der Waals surface area contributed by atoms with Gasteiger partial charge < -0.3 is 19.7 Å². The van der Waals surface area contributed by atoms with Gasteiger partial charge in [-0.05, 0) is 43.7 Å². The van der Waals surface area contributed by atoms with E-state index in [0.29, 0.717) is 18.0 Å². The predicted octanol–water partition coefficient (Wildman–Crippen LogP) is 2.63. The second-order valence-electron chi connectivity index (χ2n) is 6.05. The maximum absolute atomic E-state index is 12.8. The first-order valence-electron chi connectivity index (χ1n) is 8.93. The van der Waals surface area contributed by atoms with Gasteiger partial charge in [-0.25, -0.2) is 0 Å². The number of nitrogens with zero attached hydrogens (tertiary/aromatic N) is 1. The number of hydrogen-bond donors (Lipinski definition) is 1. The Morgan fingerprint density at radius 2 is 1.78 bits per heavy atom. The topological polar surface area (TPSA) is 67.9 Å². The van der Waals surface area contributed by atoms with E-state index in [4.69, 9.17) is 9.47 Å². The largest absolute Gasteiger partial charge is 0.497 e. The summed E-state index contributed by atoms with van der Waals surface area (Å²) < 4.78 is 10.8.